The van der Waals surface area contributed by atoms with E-state index in [0.717, 1.165) is 11.4 Å². The van der Waals surface area contributed by atoms with Gasteiger partial charge in [-0.2, -0.15) is 0 Å². The van der Waals surface area contributed by atoms with Crippen molar-refractivity contribution in [1.82, 2.24) is 0 Å². The fraction of sp³-hybridized carbons (Fsp3) is 0.588. The summed E-state index contributed by atoms with van der Waals surface area (Å²) in [7, 11) is 0. The zero-order valence-electron chi connectivity index (χ0n) is 13.7. The van der Waals surface area contributed by atoms with Crippen molar-refractivity contribution in [2.75, 3.05) is 18.5 Å². The maximum Gasteiger partial charge on any atom is 0.256 e. The van der Waals surface area contributed by atoms with Gasteiger partial charge in [-0.25, -0.2) is 0 Å². The number of nitrogens with one attached hydrogen (secondary N) is 1. The lowest BCUT2D eigenvalue weighted by molar-refractivity contribution is -0.140. The van der Waals surface area contributed by atoms with Gasteiger partial charge in [-0.05, 0) is 57.4 Å². The van der Waals surface area contributed by atoms with Gasteiger partial charge in [0.25, 0.3) is 5.91 Å². The summed E-state index contributed by atoms with van der Waals surface area (Å²) in [5.74, 6) is 1.07. The molecule has 118 valence electrons. The standard InChI is InChI=1S/C17H27NO3/c1-6-20-15-10-8-14(9-11-15)18-16(19)17(5,21-7-2)12-13(3)4/h8-11,13H,6-7,12H2,1-5H3,(H,18,19). The lowest BCUT2D eigenvalue weighted by Gasteiger charge is -2.29. The molecule has 1 unspecified atom stereocenters. The Kier molecular flexibility index (Phi) is 6.69. The molecule has 1 N–H and O–H groups in total. The third-order valence-corrected chi connectivity index (χ3v) is 3.16. The van der Waals surface area contributed by atoms with E-state index < -0.39 is 5.60 Å². The molecule has 1 amide bonds. The molecular weight excluding hydrogens is 266 g/mol. The van der Waals surface area contributed by atoms with Crippen LogP contribution in [-0.2, 0) is 9.53 Å². The molecule has 1 rings (SSSR count). The van der Waals surface area contributed by atoms with Crippen LogP contribution in [0.3, 0.4) is 0 Å². The van der Waals surface area contributed by atoms with Crippen LogP contribution in [0.25, 0.3) is 0 Å². The fourth-order valence-electron chi connectivity index (χ4n) is 2.38. The molecule has 0 radical (unpaired) electrons. The minimum Gasteiger partial charge on any atom is -0.494 e. The van der Waals surface area contributed by atoms with E-state index in [1.165, 1.54) is 0 Å². The zero-order valence-corrected chi connectivity index (χ0v) is 13.7. The molecule has 1 aromatic rings. The second-order valence-electron chi connectivity index (χ2n) is 5.67. The van der Waals surface area contributed by atoms with Gasteiger partial charge in [-0.15, -0.1) is 0 Å². The van der Waals surface area contributed by atoms with E-state index in [0.29, 0.717) is 25.6 Å². The number of anilines is 1. The molecule has 0 fully saturated rings. The SMILES string of the molecule is CCOc1ccc(NC(=O)C(C)(CC(C)C)OCC)cc1. The number of ether oxygens (including phenoxy) is 2. The normalized spacial score (nSPS) is 13.8. The Bertz CT molecular complexity index is 442. The minimum atomic E-state index is -0.804. The molecule has 0 saturated heterocycles. The number of amides is 1. The summed E-state index contributed by atoms with van der Waals surface area (Å²) in [5.41, 5.74) is -0.0558. The van der Waals surface area contributed by atoms with Crippen LogP contribution in [0.2, 0.25) is 0 Å². The van der Waals surface area contributed by atoms with Gasteiger partial charge in [-0.1, -0.05) is 13.8 Å². The van der Waals surface area contributed by atoms with Crippen molar-refractivity contribution in [2.45, 2.75) is 46.6 Å². The van der Waals surface area contributed by atoms with Gasteiger partial charge in [0.2, 0.25) is 0 Å². The summed E-state index contributed by atoms with van der Waals surface area (Å²) >= 11 is 0. The van der Waals surface area contributed by atoms with Gasteiger partial charge in [0.1, 0.15) is 11.4 Å². The molecule has 1 atom stereocenters. The topological polar surface area (TPSA) is 47.6 Å². The highest BCUT2D eigenvalue weighted by Crippen LogP contribution is 2.24. The molecule has 0 saturated carbocycles. The van der Waals surface area contributed by atoms with Crippen LogP contribution >= 0.6 is 0 Å². The Labute approximate surface area is 127 Å². The van der Waals surface area contributed by atoms with E-state index >= 15 is 0 Å². The lowest BCUT2D eigenvalue weighted by Crippen LogP contribution is -2.43. The Hall–Kier alpha value is -1.55. The molecule has 0 bridgehead atoms. The van der Waals surface area contributed by atoms with Gasteiger partial charge < -0.3 is 14.8 Å². The summed E-state index contributed by atoms with van der Waals surface area (Å²) in [5, 5.41) is 2.92. The monoisotopic (exact) mass is 293 g/mol. The molecule has 0 aliphatic rings. The van der Waals surface area contributed by atoms with Gasteiger partial charge in [0, 0.05) is 12.3 Å². The molecule has 0 aromatic heterocycles. The third-order valence-electron chi connectivity index (χ3n) is 3.16. The molecule has 0 aliphatic heterocycles. The van der Waals surface area contributed by atoms with Crippen molar-refractivity contribution in [1.29, 1.82) is 0 Å². The number of rotatable bonds is 8. The van der Waals surface area contributed by atoms with Crippen LogP contribution in [0.5, 0.6) is 5.75 Å². The van der Waals surface area contributed by atoms with Crippen LogP contribution < -0.4 is 10.1 Å². The first-order valence-corrected chi connectivity index (χ1v) is 7.59. The minimum absolute atomic E-state index is 0.109. The van der Waals surface area contributed by atoms with Gasteiger partial charge in [0.15, 0.2) is 0 Å². The van der Waals surface area contributed by atoms with E-state index in [1.807, 2.05) is 45.0 Å². The van der Waals surface area contributed by atoms with Crippen molar-refractivity contribution >= 4 is 11.6 Å². The molecule has 0 spiro atoms. The lowest BCUT2D eigenvalue weighted by atomic mass is 9.93. The van der Waals surface area contributed by atoms with Crippen LogP contribution in [-0.4, -0.2) is 24.7 Å². The van der Waals surface area contributed by atoms with Gasteiger partial charge in [-0.3, -0.25) is 4.79 Å². The van der Waals surface area contributed by atoms with E-state index in [2.05, 4.69) is 19.2 Å². The first-order chi connectivity index (χ1) is 9.91. The number of hydrogen-bond donors (Lipinski definition) is 1. The highest BCUT2D eigenvalue weighted by atomic mass is 16.5. The molecule has 0 heterocycles. The largest absolute Gasteiger partial charge is 0.494 e. The summed E-state index contributed by atoms with van der Waals surface area (Å²) in [6, 6.07) is 7.37. The number of carbonyl (C=O) groups is 1. The van der Waals surface area contributed by atoms with Crippen LogP contribution in [0, 0.1) is 5.92 Å². The fourth-order valence-corrected chi connectivity index (χ4v) is 2.38. The number of carbonyl (C=O) groups excluding carboxylic acids is 1. The van der Waals surface area contributed by atoms with E-state index in [-0.39, 0.29) is 5.91 Å². The molecule has 1 aromatic carbocycles. The quantitative estimate of drug-likeness (QED) is 0.791. The van der Waals surface area contributed by atoms with Crippen molar-refractivity contribution < 1.29 is 14.3 Å². The van der Waals surface area contributed by atoms with Gasteiger partial charge in [0.05, 0.1) is 6.61 Å². The predicted octanol–water partition coefficient (Wildman–Crippen LogP) is 3.87. The molecular formula is C17H27NO3. The first-order valence-electron chi connectivity index (χ1n) is 7.59. The zero-order chi connectivity index (χ0) is 15.9. The molecule has 0 aliphatic carbocycles. The second-order valence-corrected chi connectivity index (χ2v) is 5.67. The first kappa shape index (κ1) is 17.5. The van der Waals surface area contributed by atoms with Crippen LogP contribution in [0.4, 0.5) is 5.69 Å². The molecule has 4 heteroatoms. The number of benzene rings is 1. The Morgan fingerprint density at radius 1 is 1.19 bits per heavy atom. The average Bonchev–Trinajstić information content (AvgIpc) is 2.40. The maximum absolute atomic E-state index is 12.5. The Morgan fingerprint density at radius 3 is 2.29 bits per heavy atom. The van der Waals surface area contributed by atoms with Crippen molar-refractivity contribution in [2.24, 2.45) is 5.92 Å². The van der Waals surface area contributed by atoms with Crippen molar-refractivity contribution in [3.8, 4) is 5.75 Å². The Morgan fingerprint density at radius 2 is 1.81 bits per heavy atom. The summed E-state index contributed by atoms with van der Waals surface area (Å²) in [4.78, 5) is 12.5. The summed E-state index contributed by atoms with van der Waals surface area (Å²) in [6.07, 6.45) is 0.684. The molecule has 4 nitrogen and oxygen atoms in total. The van der Waals surface area contributed by atoms with E-state index in [4.69, 9.17) is 9.47 Å². The molecule has 21 heavy (non-hydrogen) atoms. The summed E-state index contributed by atoms with van der Waals surface area (Å²) < 4.78 is 11.1. The highest BCUT2D eigenvalue weighted by Gasteiger charge is 2.34. The predicted molar refractivity (Wildman–Crippen MR) is 85.7 cm³/mol. The highest BCUT2D eigenvalue weighted by molar-refractivity contribution is 5.97. The van der Waals surface area contributed by atoms with E-state index in [1.54, 1.807) is 0 Å². The van der Waals surface area contributed by atoms with Crippen LogP contribution in [0.1, 0.15) is 41.0 Å². The maximum atomic E-state index is 12.5. The third kappa shape index (κ3) is 5.38. The smallest absolute Gasteiger partial charge is 0.256 e. The summed E-state index contributed by atoms with van der Waals surface area (Å²) in [6.45, 7) is 11.0. The average molecular weight is 293 g/mol. The van der Waals surface area contributed by atoms with Gasteiger partial charge >= 0.3 is 0 Å². The van der Waals surface area contributed by atoms with Crippen molar-refractivity contribution in [3.63, 3.8) is 0 Å². The Balaban J connectivity index is 2.76. The van der Waals surface area contributed by atoms with Crippen LogP contribution in [0.15, 0.2) is 24.3 Å². The van der Waals surface area contributed by atoms with Crippen molar-refractivity contribution in [3.05, 3.63) is 24.3 Å². The number of hydrogen-bond acceptors (Lipinski definition) is 3. The van der Waals surface area contributed by atoms with E-state index in [9.17, 15) is 4.79 Å². The second kappa shape index (κ2) is 8.03.